The van der Waals surface area contributed by atoms with E-state index in [1.165, 1.54) is 24.0 Å². The van der Waals surface area contributed by atoms with Crippen LogP contribution in [0.25, 0.3) is 0 Å². The second-order valence-electron chi connectivity index (χ2n) is 9.63. The van der Waals surface area contributed by atoms with Crippen molar-refractivity contribution in [2.24, 2.45) is 5.73 Å². The summed E-state index contributed by atoms with van der Waals surface area (Å²) in [6.07, 6.45) is 7.89. The third kappa shape index (κ3) is 4.86. The molecule has 6 heteroatoms. The van der Waals surface area contributed by atoms with Crippen LogP contribution in [0.3, 0.4) is 0 Å². The second-order valence-corrected chi connectivity index (χ2v) is 10.0. The summed E-state index contributed by atoms with van der Waals surface area (Å²) in [6, 6.07) is 17.0. The van der Waals surface area contributed by atoms with Crippen LogP contribution in [0.1, 0.15) is 65.4 Å². The van der Waals surface area contributed by atoms with Crippen molar-refractivity contribution in [2.45, 2.75) is 56.3 Å². The number of nitrogens with two attached hydrogens (primary N) is 1. The number of carbonyl (C=O) groups is 1. The van der Waals surface area contributed by atoms with E-state index in [-0.39, 0.29) is 5.91 Å². The quantitative estimate of drug-likeness (QED) is 0.504. The Labute approximate surface area is 206 Å². The number of nitrogens with zero attached hydrogens (tertiary/aromatic N) is 2. The highest BCUT2D eigenvalue weighted by molar-refractivity contribution is 6.31. The van der Waals surface area contributed by atoms with E-state index in [1.54, 1.807) is 6.20 Å². The van der Waals surface area contributed by atoms with Gasteiger partial charge in [0.15, 0.2) is 0 Å². The Balaban J connectivity index is 1.27. The zero-order valence-corrected chi connectivity index (χ0v) is 20.2. The van der Waals surface area contributed by atoms with E-state index in [2.05, 4.69) is 40.6 Å². The summed E-state index contributed by atoms with van der Waals surface area (Å²) in [5.74, 6) is 1.20. The maximum absolute atomic E-state index is 12.1. The first kappa shape index (κ1) is 23.0. The van der Waals surface area contributed by atoms with E-state index >= 15 is 0 Å². The average molecular weight is 475 g/mol. The average Bonchev–Trinajstić information content (AvgIpc) is 3.68. The molecule has 1 saturated heterocycles. The van der Waals surface area contributed by atoms with Crippen LogP contribution < -0.4 is 11.1 Å². The van der Waals surface area contributed by atoms with Gasteiger partial charge in [-0.15, -0.1) is 0 Å². The van der Waals surface area contributed by atoms with Gasteiger partial charge in [-0.1, -0.05) is 60.1 Å². The van der Waals surface area contributed by atoms with Gasteiger partial charge in [0, 0.05) is 12.6 Å². The first-order valence-corrected chi connectivity index (χ1v) is 12.6. The van der Waals surface area contributed by atoms with Crippen LogP contribution in [0, 0.1) is 0 Å². The summed E-state index contributed by atoms with van der Waals surface area (Å²) >= 11 is 6.46. The number of halogens is 1. The van der Waals surface area contributed by atoms with Crippen molar-refractivity contribution in [3.8, 4) is 0 Å². The molecule has 0 unspecified atom stereocenters. The van der Waals surface area contributed by atoms with Crippen molar-refractivity contribution in [1.82, 2.24) is 15.3 Å². The van der Waals surface area contributed by atoms with Gasteiger partial charge in [0.25, 0.3) is 0 Å². The number of hydrogen-bond donors (Lipinski definition) is 2. The Bertz CT molecular complexity index is 1170. The zero-order valence-electron chi connectivity index (χ0n) is 19.4. The van der Waals surface area contributed by atoms with Gasteiger partial charge in [-0.25, -0.2) is 9.97 Å². The molecular weight excluding hydrogens is 444 g/mol. The molecule has 0 radical (unpaired) electrons. The van der Waals surface area contributed by atoms with Crippen LogP contribution in [0.2, 0.25) is 5.02 Å². The van der Waals surface area contributed by atoms with E-state index in [0.717, 1.165) is 55.0 Å². The molecule has 3 aromatic rings. The first-order valence-electron chi connectivity index (χ1n) is 12.2. The van der Waals surface area contributed by atoms with Crippen LogP contribution >= 0.6 is 11.6 Å². The molecule has 176 valence electrons. The minimum Gasteiger partial charge on any atom is -0.369 e. The normalized spacial score (nSPS) is 17.4. The van der Waals surface area contributed by atoms with E-state index < -0.39 is 5.41 Å². The fraction of sp³-hybridized carbons (Fsp3) is 0.393. The SMILES string of the molecule is NC(=O)C1(c2ccccc2CCc2nc(Cc3ccc(C4CCNCC4)cc3)ncc2Cl)CC1. The van der Waals surface area contributed by atoms with Crippen LogP contribution in [0.4, 0.5) is 0 Å². The molecule has 1 saturated carbocycles. The van der Waals surface area contributed by atoms with E-state index in [4.69, 9.17) is 22.3 Å². The van der Waals surface area contributed by atoms with Crippen LogP contribution in [0.5, 0.6) is 0 Å². The Hall–Kier alpha value is -2.76. The lowest BCUT2D eigenvalue weighted by Crippen LogP contribution is -2.29. The molecule has 5 nitrogen and oxygen atoms in total. The molecule has 2 aliphatic rings. The number of carbonyl (C=O) groups excluding carboxylic acids is 1. The van der Waals surface area contributed by atoms with Crippen LogP contribution in [-0.2, 0) is 29.5 Å². The largest absolute Gasteiger partial charge is 0.369 e. The molecule has 1 aliphatic heterocycles. The van der Waals surface area contributed by atoms with Crippen LogP contribution in [-0.4, -0.2) is 29.0 Å². The van der Waals surface area contributed by atoms with Gasteiger partial charge >= 0.3 is 0 Å². The number of hydrogen-bond acceptors (Lipinski definition) is 4. The molecule has 2 heterocycles. The summed E-state index contributed by atoms with van der Waals surface area (Å²) in [4.78, 5) is 21.3. The Morgan fingerprint density at radius 3 is 2.50 bits per heavy atom. The number of benzene rings is 2. The van der Waals surface area contributed by atoms with Crippen molar-refractivity contribution in [3.05, 3.63) is 93.5 Å². The summed E-state index contributed by atoms with van der Waals surface area (Å²) < 4.78 is 0. The van der Waals surface area contributed by atoms with Crippen molar-refractivity contribution in [1.29, 1.82) is 0 Å². The molecule has 2 fully saturated rings. The standard InChI is InChI=1S/C28H31ClN4O/c29-24-18-32-26(17-19-5-7-20(8-6-19)21-11-15-31-16-12-21)33-25(24)10-9-22-3-1-2-4-23(22)28(13-14-28)27(30)34/h1-8,18,21,31H,9-17H2,(H2,30,34). The van der Waals surface area contributed by atoms with Gasteiger partial charge in [-0.2, -0.15) is 0 Å². The van der Waals surface area contributed by atoms with Gasteiger partial charge in [-0.05, 0) is 79.8 Å². The van der Waals surface area contributed by atoms with Crippen molar-refractivity contribution in [2.75, 3.05) is 13.1 Å². The highest BCUT2D eigenvalue weighted by Crippen LogP contribution is 2.49. The molecule has 34 heavy (non-hydrogen) atoms. The summed E-state index contributed by atoms with van der Waals surface area (Å²) in [6.45, 7) is 2.20. The molecule has 0 atom stereocenters. The zero-order chi connectivity index (χ0) is 23.5. The molecular formula is C28H31ClN4O. The number of primary amides is 1. The lowest BCUT2D eigenvalue weighted by atomic mass is 9.88. The van der Waals surface area contributed by atoms with Gasteiger partial charge in [-0.3, -0.25) is 4.79 Å². The minimum absolute atomic E-state index is 0.228. The van der Waals surface area contributed by atoms with Crippen molar-refractivity contribution < 1.29 is 4.79 Å². The van der Waals surface area contributed by atoms with Crippen molar-refractivity contribution in [3.63, 3.8) is 0 Å². The Kier molecular flexibility index (Phi) is 6.66. The number of amides is 1. The predicted octanol–water partition coefficient (Wildman–Crippen LogP) is 4.49. The fourth-order valence-electron chi connectivity index (χ4n) is 5.18. The number of rotatable bonds is 8. The molecule has 3 N–H and O–H groups in total. The smallest absolute Gasteiger partial charge is 0.228 e. The lowest BCUT2D eigenvalue weighted by molar-refractivity contribution is -0.120. The molecule has 1 aliphatic carbocycles. The molecule has 5 rings (SSSR count). The maximum atomic E-state index is 12.1. The lowest BCUT2D eigenvalue weighted by Gasteiger charge is -2.23. The molecule has 1 amide bonds. The van der Waals surface area contributed by atoms with Crippen molar-refractivity contribution >= 4 is 17.5 Å². The van der Waals surface area contributed by atoms with E-state index in [1.807, 2.05) is 18.2 Å². The highest BCUT2D eigenvalue weighted by atomic mass is 35.5. The van der Waals surface area contributed by atoms with Gasteiger partial charge in [0.05, 0.1) is 16.1 Å². The second kappa shape index (κ2) is 9.85. The molecule has 1 aromatic heterocycles. The number of piperidine rings is 1. The summed E-state index contributed by atoms with van der Waals surface area (Å²) in [5.41, 5.74) is 10.9. The molecule has 0 spiro atoms. The topological polar surface area (TPSA) is 80.9 Å². The number of nitrogens with one attached hydrogen (secondary N) is 1. The number of aromatic nitrogens is 2. The first-order chi connectivity index (χ1) is 16.5. The third-order valence-electron chi connectivity index (χ3n) is 7.40. The molecule has 2 aromatic carbocycles. The summed E-state index contributed by atoms with van der Waals surface area (Å²) in [7, 11) is 0. The van der Waals surface area contributed by atoms with Gasteiger partial charge in [0.2, 0.25) is 5.91 Å². The van der Waals surface area contributed by atoms with Gasteiger partial charge < -0.3 is 11.1 Å². The predicted molar refractivity (Wildman–Crippen MR) is 135 cm³/mol. The highest BCUT2D eigenvalue weighted by Gasteiger charge is 2.50. The maximum Gasteiger partial charge on any atom is 0.228 e. The Morgan fingerprint density at radius 2 is 1.79 bits per heavy atom. The number of aryl methyl sites for hydroxylation is 2. The fourth-order valence-corrected chi connectivity index (χ4v) is 5.37. The van der Waals surface area contributed by atoms with Crippen LogP contribution in [0.15, 0.2) is 54.7 Å². The molecule has 0 bridgehead atoms. The monoisotopic (exact) mass is 474 g/mol. The summed E-state index contributed by atoms with van der Waals surface area (Å²) in [5, 5.41) is 4.01. The third-order valence-corrected chi connectivity index (χ3v) is 7.72. The Morgan fingerprint density at radius 1 is 1.06 bits per heavy atom. The minimum atomic E-state index is -0.489. The van der Waals surface area contributed by atoms with E-state index in [9.17, 15) is 4.79 Å². The van der Waals surface area contributed by atoms with Gasteiger partial charge in [0.1, 0.15) is 5.82 Å². The van der Waals surface area contributed by atoms with E-state index in [0.29, 0.717) is 23.8 Å².